The summed E-state index contributed by atoms with van der Waals surface area (Å²) in [7, 11) is 0. The molecule has 134 valence electrons. The van der Waals surface area contributed by atoms with Crippen molar-refractivity contribution in [3.05, 3.63) is 22.8 Å². The minimum absolute atomic E-state index is 0.168. The van der Waals surface area contributed by atoms with Crippen molar-refractivity contribution in [1.29, 1.82) is 0 Å². The molecule has 0 saturated carbocycles. The van der Waals surface area contributed by atoms with Gasteiger partial charge in [0.2, 0.25) is 0 Å². The van der Waals surface area contributed by atoms with E-state index in [0.717, 1.165) is 22.4 Å². The predicted octanol–water partition coefficient (Wildman–Crippen LogP) is 3.51. The van der Waals surface area contributed by atoms with Gasteiger partial charge in [-0.2, -0.15) is 0 Å². The van der Waals surface area contributed by atoms with Crippen LogP contribution in [0.15, 0.2) is 6.07 Å². The van der Waals surface area contributed by atoms with Gasteiger partial charge in [-0.1, -0.05) is 41.5 Å². The minimum Gasteiger partial charge on any atom is -0.507 e. The highest BCUT2D eigenvalue weighted by Crippen LogP contribution is 2.49. The fourth-order valence-corrected chi connectivity index (χ4v) is 3.45. The molecule has 1 aromatic rings. The van der Waals surface area contributed by atoms with Crippen LogP contribution in [0.3, 0.4) is 0 Å². The van der Waals surface area contributed by atoms with Gasteiger partial charge in [-0.25, -0.2) is 0 Å². The Hall–Kier alpha value is -1.49. The summed E-state index contributed by atoms with van der Waals surface area (Å²) in [6.45, 7) is 15.2. The Morgan fingerprint density at radius 1 is 1.29 bits per heavy atom. The lowest BCUT2D eigenvalue weighted by atomic mass is 9.76. The van der Waals surface area contributed by atoms with E-state index in [9.17, 15) is 5.11 Å². The summed E-state index contributed by atoms with van der Waals surface area (Å²) < 4.78 is 6.28. The van der Waals surface area contributed by atoms with Gasteiger partial charge in [0.1, 0.15) is 17.1 Å². The van der Waals surface area contributed by atoms with E-state index in [1.54, 1.807) is 0 Å². The highest BCUT2D eigenvalue weighted by molar-refractivity contribution is 7.80. The molecule has 24 heavy (non-hydrogen) atoms. The molecular weight excluding hydrogens is 320 g/mol. The van der Waals surface area contributed by atoms with Crippen LogP contribution in [0.2, 0.25) is 0 Å². The Bertz CT molecular complexity index is 671. The third kappa shape index (κ3) is 3.61. The highest BCUT2D eigenvalue weighted by atomic mass is 32.1. The second-order valence-electron chi connectivity index (χ2n) is 9.07. The van der Waals surface area contributed by atoms with Crippen LogP contribution >= 0.6 is 12.2 Å². The number of phenols is 1. The fourth-order valence-electron chi connectivity index (χ4n) is 3.38. The van der Waals surface area contributed by atoms with Gasteiger partial charge in [-0.3, -0.25) is 0 Å². The summed E-state index contributed by atoms with van der Waals surface area (Å²) in [5.74, 6) is 1.25. The van der Waals surface area contributed by atoms with Gasteiger partial charge in [0.05, 0.1) is 6.54 Å². The van der Waals surface area contributed by atoms with Gasteiger partial charge < -0.3 is 20.9 Å². The van der Waals surface area contributed by atoms with E-state index in [-0.39, 0.29) is 15.9 Å². The highest BCUT2D eigenvalue weighted by Gasteiger charge is 2.41. The average Bonchev–Trinajstić information content (AvgIpc) is 2.69. The smallest absolute Gasteiger partial charge is 0.163 e. The van der Waals surface area contributed by atoms with Crippen LogP contribution in [0.4, 0.5) is 0 Å². The van der Waals surface area contributed by atoms with E-state index >= 15 is 0 Å². The van der Waals surface area contributed by atoms with Crippen molar-refractivity contribution < 1.29 is 9.84 Å². The molecule has 1 aromatic carbocycles. The molecule has 0 aromatic heterocycles. The summed E-state index contributed by atoms with van der Waals surface area (Å²) in [6, 6.07) is 1.99. The van der Waals surface area contributed by atoms with E-state index in [1.807, 2.05) is 13.0 Å². The lowest BCUT2D eigenvalue weighted by Crippen LogP contribution is -2.45. The quantitative estimate of drug-likeness (QED) is 0.712. The molecule has 0 amide bonds. The fraction of sp³-hybridized carbons (Fsp3) is 0.632. The minimum atomic E-state index is -0.436. The Morgan fingerprint density at radius 3 is 2.33 bits per heavy atom. The molecule has 1 aliphatic rings. The molecule has 1 atom stereocenters. The molecule has 0 aliphatic carbocycles. The molecule has 1 aliphatic heterocycles. The molecule has 1 unspecified atom stereocenters. The van der Waals surface area contributed by atoms with Crippen molar-refractivity contribution in [3.63, 3.8) is 0 Å². The van der Waals surface area contributed by atoms with Gasteiger partial charge in [0, 0.05) is 23.1 Å². The lowest BCUT2D eigenvalue weighted by Gasteiger charge is -2.29. The third-order valence-corrected chi connectivity index (χ3v) is 4.61. The maximum atomic E-state index is 11.0. The molecule has 0 bridgehead atoms. The van der Waals surface area contributed by atoms with Crippen LogP contribution in [0.5, 0.6) is 11.5 Å². The largest absolute Gasteiger partial charge is 0.507 e. The van der Waals surface area contributed by atoms with Crippen LogP contribution in [0.1, 0.15) is 65.2 Å². The Morgan fingerprint density at radius 2 is 1.88 bits per heavy atom. The Balaban J connectivity index is 2.57. The second kappa shape index (κ2) is 5.80. The van der Waals surface area contributed by atoms with Crippen molar-refractivity contribution >= 4 is 17.3 Å². The topological polar surface area (TPSA) is 67.5 Å². The Labute approximate surface area is 150 Å². The van der Waals surface area contributed by atoms with Gasteiger partial charge in [0.15, 0.2) is 5.11 Å². The standard InChI is InChI=1S/C19H30N2O2S/c1-17(2,3)12-8-13-11(14(15(12)22)18(4,5)6)9-19(7,23-13)10-21-16(20)24/h8,22H,9-10H2,1-7H3,(H3,20,21,24). The maximum Gasteiger partial charge on any atom is 0.163 e. The van der Waals surface area contributed by atoms with Crippen LogP contribution in [-0.4, -0.2) is 22.4 Å². The summed E-state index contributed by atoms with van der Waals surface area (Å²) in [4.78, 5) is 0. The van der Waals surface area contributed by atoms with Crippen molar-refractivity contribution in [2.75, 3.05) is 6.54 Å². The predicted molar refractivity (Wildman–Crippen MR) is 103 cm³/mol. The number of rotatable bonds is 2. The van der Waals surface area contributed by atoms with Crippen LogP contribution in [0.25, 0.3) is 0 Å². The summed E-state index contributed by atoms with van der Waals surface area (Å²) in [5.41, 5.74) is 7.75. The number of hydrogen-bond donors (Lipinski definition) is 3. The summed E-state index contributed by atoms with van der Waals surface area (Å²) in [6.07, 6.45) is 0.711. The van der Waals surface area contributed by atoms with Crippen molar-refractivity contribution in [3.8, 4) is 11.5 Å². The molecule has 2 rings (SSSR count). The number of fused-ring (bicyclic) bond motifs is 1. The van der Waals surface area contributed by atoms with Crippen molar-refractivity contribution in [2.24, 2.45) is 5.73 Å². The zero-order chi connectivity index (χ0) is 18.5. The maximum absolute atomic E-state index is 11.0. The molecule has 0 radical (unpaired) electrons. The second-order valence-corrected chi connectivity index (χ2v) is 9.51. The first-order chi connectivity index (χ1) is 10.7. The number of benzene rings is 1. The molecule has 0 saturated heterocycles. The normalized spacial score (nSPS) is 20.5. The number of thiocarbonyl (C=S) groups is 1. The van der Waals surface area contributed by atoms with Crippen LogP contribution < -0.4 is 15.8 Å². The number of nitrogens with two attached hydrogens (primary N) is 1. The number of phenolic OH excluding ortho intramolecular Hbond substituents is 1. The molecule has 4 N–H and O–H groups in total. The molecule has 1 heterocycles. The number of nitrogens with one attached hydrogen (secondary N) is 1. The zero-order valence-electron chi connectivity index (χ0n) is 15.8. The first-order valence-electron chi connectivity index (χ1n) is 8.37. The van der Waals surface area contributed by atoms with Crippen LogP contribution in [0, 0.1) is 0 Å². The first kappa shape index (κ1) is 18.8. The SMILES string of the molecule is CC1(CNC(N)=S)Cc2c(cc(C(C)(C)C)c(O)c2C(C)(C)C)O1. The van der Waals surface area contributed by atoms with Crippen LogP contribution in [-0.2, 0) is 17.3 Å². The average molecular weight is 351 g/mol. The van der Waals surface area contributed by atoms with Gasteiger partial charge >= 0.3 is 0 Å². The van der Waals surface area contributed by atoms with Gasteiger partial charge in [0.25, 0.3) is 0 Å². The molecule has 0 spiro atoms. The molecular formula is C19H30N2O2S. The van der Waals surface area contributed by atoms with Gasteiger partial charge in [-0.15, -0.1) is 0 Å². The zero-order valence-corrected chi connectivity index (χ0v) is 16.6. The van der Waals surface area contributed by atoms with E-state index in [2.05, 4.69) is 46.9 Å². The first-order valence-corrected chi connectivity index (χ1v) is 8.77. The summed E-state index contributed by atoms with van der Waals surface area (Å²) in [5, 5.41) is 14.3. The molecule has 5 heteroatoms. The lowest BCUT2D eigenvalue weighted by molar-refractivity contribution is 0.120. The van der Waals surface area contributed by atoms with Crippen molar-refractivity contribution in [1.82, 2.24) is 5.32 Å². The molecule has 4 nitrogen and oxygen atoms in total. The molecule has 0 fully saturated rings. The van der Waals surface area contributed by atoms with Gasteiger partial charge in [-0.05, 0) is 36.0 Å². The Kier molecular flexibility index (Phi) is 4.55. The van der Waals surface area contributed by atoms with E-state index in [1.165, 1.54) is 0 Å². The van der Waals surface area contributed by atoms with Crippen molar-refractivity contribution in [2.45, 2.75) is 71.3 Å². The van der Waals surface area contributed by atoms with E-state index < -0.39 is 5.60 Å². The van der Waals surface area contributed by atoms with E-state index in [4.69, 9.17) is 22.7 Å². The third-order valence-electron chi connectivity index (χ3n) is 4.47. The monoisotopic (exact) mass is 350 g/mol. The van der Waals surface area contributed by atoms with E-state index in [0.29, 0.717) is 18.7 Å². The summed E-state index contributed by atoms with van der Waals surface area (Å²) >= 11 is 4.91. The number of aromatic hydroxyl groups is 1. The number of ether oxygens (including phenoxy) is 1. The number of hydrogen-bond acceptors (Lipinski definition) is 3.